The average Bonchev–Trinajstić information content (AvgIpc) is 2.53. The van der Waals surface area contributed by atoms with Crippen LogP contribution in [0.25, 0.3) is 0 Å². The van der Waals surface area contributed by atoms with Crippen molar-refractivity contribution in [3.8, 4) is 0 Å². The molecule has 1 atom stereocenters. The summed E-state index contributed by atoms with van der Waals surface area (Å²) in [4.78, 5) is 15.6. The second-order valence-corrected chi connectivity index (χ2v) is 5.01. The van der Waals surface area contributed by atoms with Crippen molar-refractivity contribution < 1.29 is 18.0 Å². The third-order valence-corrected chi connectivity index (χ3v) is 3.25. The van der Waals surface area contributed by atoms with E-state index in [0.29, 0.717) is 11.3 Å². The van der Waals surface area contributed by atoms with Gasteiger partial charge >= 0.3 is 6.18 Å². The molecule has 1 amide bonds. The summed E-state index contributed by atoms with van der Waals surface area (Å²) in [6, 6.07) is 7.95. The summed E-state index contributed by atoms with van der Waals surface area (Å²) in [5.41, 5.74) is 0.375. The standard InChI is InChI=1S/C16H16F3N3O/c1-11(12-3-2-4-13(9-12)16(17,18)19)21-10-15(23)22-14-5-7-20-8-6-14/h2-9,11,21H,10H2,1H3,(H,20,22,23)/t11-/m1/s1. The van der Waals surface area contributed by atoms with Gasteiger partial charge in [0, 0.05) is 24.1 Å². The third-order valence-electron chi connectivity index (χ3n) is 3.25. The van der Waals surface area contributed by atoms with E-state index in [1.54, 1.807) is 37.5 Å². The molecule has 122 valence electrons. The van der Waals surface area contributed by atoms with Crippen LogP contribution in [0.2, 0.25) is 0 Å². The van der Waals surface area contributed by atoms with Crippen molar-refractivity contribution in [2.45, 2.75) is 19.1 Å². The summed E-state index contributed by atoms with van der Waals surface area (Å²) in [7, 11) is 0. The monoisotopic (exact) mass is 323 g/mol. The lowest BCUT2D eigenvalue weighted by Crippen LogP contribution is -2.30. The van der Waals surface area contributed by atoms with E-state index in [2.05, 4.69) is 15.6 Å². The molecule has 0 saturated heterocycles. The average molecular weight is 323 g/mol. The molecule has 0 bridgehead atoms. The number of nitrogens with one attached hydrogen (secondary N) is 2. The first kappa shape index (κ1) is 17.0. The topological polar surface area (TPSA) is 54.0 Å². The molecule has 1 aromatic heterocycles. The molecule has 0 aliphatic carbocycles. The first-order chi connectivity index (χ1) is 10.9. The molecule has 0 saturated carbocycles. The fourth-order valence-corrected chi connectivity index (χ4v) is 1.99. The smallest absolute Gasteiger partial charge is 0.325 e. The molecule has 0 aliphatic rings. The molecule has 23 heavy (non-hydrogen) atoms. The lowest BCUT2D eigenvalue weighted by molar-refractivity contribution is -0.137. The van der Waals surface area contributed by atoms with Crippen LogP contribution in [0.5, 0.6) is 0 Å². The Balaban J connectivity index is 1.92. The van der Waals surface area contributed by atoms with Gasteiger partial charge in [-0.15, -0.1) is 0 Å². The van der Waals surface area contributed by atoms with Crippen LogP contribution < -0.4 is 10.6 Å². The Labute approximate surface area is 131 Å². The number of anilines is 1. The van der Waals surface area contributed by atoms with Gasteiger partial charge in [0.1, 0.15) is 0 Å². The largest absolute Gasteiger partial charge is 0.416 e. The van der Waals surface area contributed by atoms with E-state index in [9.17, 15) is 18.0 Å². The quantitative estimate of drug-likeness (QED) is 0.887. The van der Waals surface area contributed by atoms with E-state index in [-0.39, 0.29) is 18.5 Å². The maximum atomic E-state index is 12.7. The number of hydrogen-bond acceptors (Lipinski definition) is 3. The van der Waals surface area contributed by atoms with Crippen molar-refractivity contribution >= 4 is 11.6 Å². The molecular formula is C16H16F3N3O. The van der Waals surface area contributed by atoms with Crippen LogP contribution in [0.15, 0.2) is 48.8 Å². The van der Waals surface area contributed by atoms with Crippen molar-refractivity contribution in [1.82, 2.24) is 10.3 Å². The van der Waals surface area contributed by atoms with Gasteiger partial charge in [-0.2, -0.15) is 13.2 Å². The van der Waals surface area contributed by atoms with Crippen LogP contribution in [-0.2, 0) is 11.0 Å². The molecule has 2 aromatic rings. The lowest BCUT2D eigenvalue weighted by atomic mass is 10.0. The van der Waals surface area contributed by atoms with Crippen molar-refractivity contribution in [3.63, 3.8) is 0 Å². The van der Waals surface area contributed by atoms with Crippen molar-refractivity contribution in [1.29, 1.82) is 0 Å². The van der Waals surface area contributed by atoms with Crippen LogP contribution in [0, 0.1) is 0 Å². The van der Waals surface area contributed by atoms with Gasteiger partial charge in [-0.25, -0.2) is 0 Å². The van der Waals surface area contributed by atoms with Crippen molar-refractivity contribution in [3.05, 3.63) is 59.9 Å². The Morgan fingerprint density at radius 1 is 1.22 bits per heavy atom. The molecule has 1 heterocycles. The predicted octanol–water partition coefficient (Wildman–Crippen LogP) is 3.39. The third kappa shape index (κ3) is 5.07. The summed E-state index contributed by atoms with van der Waals surface area (Å²) < 4.78 is 38.1. The summed E-state index contributed by atoms with van der Waals surface area (Å²) in [5.74, 6) is -0.282. The molecular weight excluding hydrogens is 307 g/mol. The molecule has 2 N–H and O–H groups in total. The molecule has 0 aliphatic heterocycles. The zero-order valence-corrected chi connectivity index (χ0v) is 12.4. The van der Waals surface area contributed by atoms with Gasteiger partial charge in [0.2, 0.25) is 5.91 Å². The highest BCUT2D eigenvalue weighted by Crippen LogP contribution is 2.30. The predicted molar refractivity (Wildman–Crippen MR) is 80.7 cm³/mol. The summed E-state index contributed by atoms with van der Waals surface area (Å²) in [6.45, 7) is 1.69. The van der Waals surface area contributed by atoms with Crippen LogP contribution in [0.3, 0.4) is 0 Å². The van der Waals surface area contributed by atoms with Gasteiger partial charge in [0.05, 0.1) is 12.1 Å². The number of rotatable bonds is 5. The Morgan fingerprint density at radius 3 is 2.57 bits per heavy atom. The maximum Gasteiger partial charge on any atom is 0.416 e. The van der Waals surface area contributed by atoms with Crippen molar-refractivity contribution in [2.24, 2.45) is 0 Å². The summed E-state index contributed by atoms with van der Waals surface area (Å²) >= 11 is 0. The molecule has 4 nitrogen and oxygen atoms in total. The van der Waals surface area contributed by atoms with Gasteiger partial charge in [-0.1, -0.05) is 12.1 Å². The van der Waals surface area contributed by atoms with E-state index in [1.165, 1.54) is 6.07 Å². The second kappa shape index (κ2) is 7.23. The van der Waals surface area contributed by atoms with Crippen LogP contribution in [0.1, 0.15) is 24.1 Å². The van der Waals surface area contributed by atoms with E-state index >= 15 is 0 Å². The van der Waals surface area contributed by atoms with Gasteiger partial charge in [-0.3, -0.25) is 9.78 Å². The number of amides is 1. The van der Waals surface area contributed by atoms with Gasteiger partial charge in [0.15, 0.2) is 0 Å². The number of alkyl halides is 3. The normalized spacial score (nSPS) is 12.7. The number of pyridine rings is 1. The first-order valence-electron chi connectivity index (χ1n) is 6.96. The minimum atomic E-state index is -4.38. The lowest BCUT2D eigenvalue weighted by Gasteiger charge is -2.16. The zero-order chi connectivity index (χ0) is 16.9. The maximum absolute atomic E-state index is 12.7. The molecule has 7 heteroatoms. The van der Waals surface area contributed by atoms with Gasteiger partial charge < -0.3 is 10.6 Å². The molecule has 2 rings (SSSR count). The number of carbonyl (C=O) groups is 1. The Bertz CT molecular complexity index is 659. The van der Waals surface area contributed by atoms with Crippen LogP contribution in [0.4, 0.5) is 18.9 Å². The Hall–Kier alpha value is -2.41. The first-order valence-corrected chi connectivity index (χ1v) is 6.96. The van der Waals surface area contributed by atoms with E-state index in [4.69, 9.17) is 0 Å². The number of carbonyl (C=O) groups excluding carboxylic acids is 1. The summed E-state index contributed by atoms with van der Waals surface area (Å²) in [5, 5.41) is 5.57. The van der Waals surface area contributed by atoms with Crippen molar-refractivity contribution in [2.75, 3.05) is 11.9 Å². The fourth-order valence-electron chi connectivity index (χ4n) is 1.99. The molecule has 0 radical (unpaired) electrons. The van der Waals surface area contributed by atoms with Crippen LogP contribution >= 0.6 is 0 Å². The van der Waals surface area contributed by atoms with Gasteiger partial charge in [-0.05, 0) is 36.8 Å². The summed E-state index contributed by atoms with van der Waals surface area (Å²) in [6.07, 6.45) is -1.28. The van der Waals surface area contributed by atoms with E-state index in [0.717, 1.165) is 12.1 Å². The number of hydrogen-bond donors (Lipinski definition) is 2. The minimum Gasteiger partial charge on any atom is -0.325 e. The number of benzene rings is 1. The SMILES string of the molecule is C[C@@H](NCC(=O)Nc1ccncc1)c1cccc(C(F)(F)F)c1. The molecule has 0 fully saturated rings. The molecule has 0 spiro atoms. The van der Waals surface area contributed by atoms with E-state index < -0.39 is 11.7 Å². The number of halogens is 3. The second-order valence-electron chi connectivity index (χ2n) is 5.01. The molecule has 0 unspecified atom stereocenters. The number of aromatic nitrogens is 1. The highest BCUT2D eigenvalue weighted by molar-refractivity contribution is 5.92. The molecule has 1 aromatic carbocycles. The number of nitrogens with zero attached hydrogens (tertiary/aromatic N) is 1. The van der Waals surface area contributed by atoms with Gasteiger partial charge in [0.25, 0.3) is 0 Å². The Morgan fingerprint density at radius 2 is 1.91 bits per heavy atom. The highest BCUT2D eigenvalue weighted by atomic mass is 19.4. The highest BCUT2D eigenvalue weighted by Gasteiger charge is 2.30. The Kier molecular flexibility index (Phi) is 5.33. The van der Waals surface area contributed by atoms with Crippen LogP contribution in [-0.4, -0.2) is 17.4 Å². The van der Waals surface area contributed by atoms with E-state index in [1.807, 2.05) is 0 Å². The fraction of sp³-hybridized carbons (Fsp3) is 0.250. The zero-order valence-electron chi connectivity index (χ0n) is 12.4. The minimum absolute atomic E-state index is 0.0142.